The van der Waals surface area contributed by atoms with Crippen molar-refractivity contribution in [2.24, 2.45) is 5.92 Å². The first kappa shape index (κ1) is 13.8. The maximum absolute atomic E-state index is 12.2. The third kappa shape index (κ3) is 3.63. The minimum atomic E-state index is -0.157. The fraction of sp³-hybridized carbons (Fsp3) is 0.462. The quantitative estimate of drug-likeness (QED) is 0.898. The van der Waals surface area contributed by atoms with Gasteiger partial charge in [-0.1, -0.05) is 25.4 Å². The van der Waals surface area contributed by atoms with Crippen LogP contribution in [0.1, 0.15) is 31.1 Å². The number of carbonyl (C=O) groups is 1. The summed E-state index contributed by atoms with van der Waals surface area (Å²) >= 11 is 5.73. The Hall–Kier alpha value is -1.22. The highest BCUT2D eigenvalue weighted by Gasteiger charge is 2.18. The summed E-state index contributed by atoms with van der Waals surface area (Å²) in [6.45, 7) is 7.33. The number of hydrogen-bond acceptors (Lipinski definition) is 2. The molecule has 17 heavy (non-hydrogen) atoms. The van der Waals surface area contributed by atoms with Gasteiger partial charge < -0.3 is 10.0 Å². The van der Waals surface area contributed by atoms with E-state index in [4.69, 9.17) is 11.6 Å². The lowest BCUT2D eigenvalue weighted by molar-refractivity contribution is 0.0743. The number of benzene rings is 1. The average Bonchev–Trinajstić information content (AvgIpc) is 2.24. The summed E-state index contributed by atoms with van der Waals surface area (Å²) < 4.78 is 0. The summed E-state index contributed by atoms with van der Waals surface area (Å²) in [7, 11) is 0. The summed E-state index contributed by atoms with van der Waals surface area (Å²) in [5.41, 5.74) is 0.303. The van der Waals surface area contributed by atoms with Crippen molar-refractivity contribution >= 4 is 17.5 Å². The van der Waals surface area contributed by atoms with E-state index in [0.29, 0.717) is 29.6 Å². The Bertz CT molecular complexity index is 404. The van der Waals surface area contributed by atoms with Crippen molar-refractivity contribution in [2.45, 2.75) is 20.8 Å². The van der Waals surface area contributed by atoms with E-state index in [-0.39, 0.29) is 11.7 Å². The topological polar surface area (TPSA) is 40.5 Å². The zero-order valence-electron chi connectivity index (χ0n) is 10.4. The van der Waals surface area contributed by atoms with Crippen LogP contribution in [0, 0.1) is 5.92 Å². The van der Waals surface area contributed by atoms with Gasteiger partial charge in [0, 0.05) is 18.1 Å². The second kappa shape index (κ2) is 5.92. The number of phenols is 1. The highest BCUT2D eigenvalue weighted by molar-refractivity contribution is 6.30. The molecule has 0 saturated heterocycles. The lowest BCUT2D eigenvalue weighted by Crippen LogP contribution is -2.34. The van der Waals surface area contributed by atoms with E-state index in [9.17, 15) is 9.90 Å². The molecule has 3 nitrogen and oxygen atoms in total. The second-order valence-corrected chi connectivity index (χ2v) is 4.84. The van der Waals surface area contributed by atoms with E-state index in [0.717, 1.165) is 0 Å². The molecule has 1 rings (SSSR count). The van der Waals surface area contributed by atoms with Crippen molar-refractivity contribution in [1.29, 1.82) is 0 Å². The van der Waals surface area contributed by atoms with Crippen molar-refractivity contribution in [2.75, 3.05) is 13.1 Å². The van der Waals surface area contributed by atoms with Gasteiger partial charge in [0.2, 0.25) is 0 Å². The van der Waals surface area contributed by atoms with Gasteiger partial charge in [-0.3, -0.25) is 4.79 Å². The van der Waals surface area contributed by atoms with Crippen molar-refractivity contribution < 1.29 is 9.90 Å². The van der Waals surface area contributed by atoms with Gasteiger partial charge in [-0.15, -0.1) is 0 Å². The number of halogens is 1. The van der Waals surface area contributed by atoms with Gasteiger partial charge in [-0.2, -0.15) is 0 Å². The number of phenolic OH excluding ortho intramolecular Hbond substituents is 1. The van der Waals surface area contributed by atoms with Gasteiger partial charge >= 0.3 is 0 Å². The molecule has 1 N–H and O–H groups in total. The molecule has 0 aliphatic rings. The highest BCUT2D eigenvalue weighted by Crippen LogP contribution is 2.23. The van der Waals surface area contributed by atoms with Gasteiger partial charge in [0.05, 0.1) is 5.56 Å². The molecule has 0 heterocycles. The molecule has 0 atom stereocenters. The zero-order chi connectivity index (χ0) is 13.0. The molecule has 0 saturated carbocycles. The van der Waals surface area contributed by atoms with Crippen LogP contribution in [-0.2, 0) is 0 Å². The standard InChI is InChI=1S/C13H18ClNO2/c1-4-15(8-9(2)3)13(17)11-6-5-10(14)7-12(11)16/h5-7,9,16H,4,8H2,1-3H3. The average molecular weight is 256 g/mol. The van der Waals surface area contributed by atoms with Crippen LogP contribution < -0.4 is 0 Å². The Kier molecular flexibility index (Phi) is 4.82. The third-order valence-corrected chi connectivity index (χ3v) is 2.68. The first-order valence-corrected chi connectivity index (χ1v) is 6.11. The molecule has 0 radical (unpaired) electrons. The van der Waals surface area contributed by atoms with Crippen molar-refractivity contribution in [3.8, 4) is 5.75 Å². The van der Waals surface area contributed by atoms with Gasteiger partial charge in [0.15, 0.2) is 0 Å². The number of aromatic hydroxyl groups is 1. The van der Waals surface area contributed by atoms with Crippen LogP contribution in [0.5, 0.6) is 5.75 Å². The fourth-order valence-corrected chi connectivity index (χ4v) is 1.82. The van der Waals surface area contributed by atoms with Crippen LogP contribution in [0.25, 0.3) is 0 Å². The molecule has 0 aliphatic heterocycles. The Morgan fingerprint density at radius 3 is 2.59 bits per heavy atom. The van der Waals surface area contributed by atoms with Crippen LogP contribution in [0.4, 0.5) is 0 Å². The molecule has 1 aromatic rings. The Morgan fingerprint density at radius 1 is 1.47 bits per heavy atom. The second-order valence-electron chi connectivity index (χ2n) is 4.40. The maximum Gasteiger partial charge on any atom is 0.257 e. The normalized spacial score (nSPS) is 10.6. The molecule has 0 spiro atoms. The van der Waals surface area contributed by atoms with Crippen LogP contribution in [-0.4, -0.2) is 29.0 Å². The van der Waals surface area contributed by atoms with Gasteiger partial charge in [-0.25, -0.2) is 0 Å². The largest absolute Gasteiger partial charge is 0.507 e. The Labute approximate surface area is 107 Å². The van der Waals surface area contributed by atoms with E-state index in [2.05, 4.69) is 13.8 Å². The highest BCUT2D eigenvalue weighted by atomic mass is 35.5. The van der Waals surface area contributed by atoms with Crippen LogP contribution in [0.3, 0.4) is 0 Å². The maximum atomic E-state index is 12.2. The lowest BCUT2D eigenvalue weighted by Gasteiger charge is -2.23. The van der Waals surface area contributed by atoms with Gasteiger partial charge in [0.1, 0.15) is 5.75 Å². The molecule has 0 fully saturated rings. The number of nitrogens with zero attached hydrogens (tertiary/aromatic N) is 1. The van der Waals surface area contributed by atoms with E-state index in [1.165, 1.54) is 6.07 Å². The molecule has 1 aromatic carbocycles. The molecule has 0 bridgehead atoms. The number of hydrogen-bond donors (Lipinski definition) is 1. The zero-order valence-corrected chi connectivity index (χ0v) is 11.2. The first-order chi connectivity index (χ1) is 7.95. The predicted octanol–water partition coefficient (Wildman–Crippen LogP) is 3.16. The molecular formula is C13H18ClNO2. The molecular weight excluding hydrogens is 238 g/mol. The van der Waals surface area contributed by atoms with Crippen LogP contribution in [0.2, 0.25) is 5.02 Å². The first-order valence-electron chi connectivity index (χ1n) is 5.73. The lowest BCUT2D eigenvalue weighted by atomic mass is 10.1. The monoisotopic (exact) mass is 255 g/mol. The summed E-state index contributed by atoms with van der Waals surface area (Å²) in [5.74, 6) is 0.174. The fourth-order valence-electron chi connectivity index (χ4n) is 1.65. The van der Waals surface area contributed by atoms with E-state index in [1.54, 1.807) is 17.0 Å². The van der Waals surface area contributed by atoms with Crippen molar-refractivity contribution in [3.05, 3.63) is 28.8 Å². The molecule has 0 aromatic heterocycles. The molecule has 94 valence electrons. The number of carbonyl (C=O) groups excluding carboxylic acids is 1. The van der Waals surface area contributed by atoms with Crippen molar-refractivity contribution in [3.63, 3.8) is 0 Å². The van der Waals surface area contributed by atoms with Crippen molar-refractivity contribution in [1.82, 2.24) is 4.90 Å². The number of amides is 1. The number of rotatable bonds is 4. The summed E-state index contributed by atoms with van der Waals surface area (Å²) in [6.07, 6.45) is 0. The molecule has 0 aliphatic carbocycles. The SMILES string of the molecule is CCN(CC(C)C)C(=O)c1ccc(Cl)cc1O. The summed E-state index contributed by atoms with van der Waals surface area (Å²) in [4.78, 5) is 13.9. The molecule has 4 heteroatoms. The Balaban J connectivity index is 2.93. The summed E-state index contributed by atoms with van der Waals surface area (Å²) in [6, 6.07) is 4.55. The van der Waals surface area contributed by atoms with E-state index < -0.39 is 0 Å². The van der Waals surface area contributed by atoms with E-state index in [1.807, 2.05) is 6.92 Å². The Morgan fingerprint density at radius 2 is 2.12 bits per heavy atom. The minimum absolute atomic E-state index is 0.0651. The van der Waals surface area contributed by atoms with Crippen LogP contribution in [0.15, 0.2) is 18.2 Å². The molecule has 1 amide bonds. The van der Waals surface area contributed by atoms with Crippen LogP contribution >= 0.6 is 11.6 Å². The minimum Gasteiger partial charge on any atom is -0.507 e. The summed E-state index contributed by atoms with van der Waals surface area (Å²) in [5, 5.41) is 10.1. The third-order valence-electron chi connectivity index (χ3n) is 2.44. The predicted molar refractivity (Wildman–Crippen MR) is 69.5 cm³/mol. The molecule has 0 unspecified atom stereocenters. The van der Waals surface area contributed by atoms with E-state index >= 15 is 0 Å². The smallest absolute Gasteiger partial charge is 0.257 e. The van der Waals surface area contributed by atoms with Gasteiger partial charge in [-0.05, 0) is 31.0 Å². The van der Waals surface area contributed by atoms with Gasteiger partial charge in [0.25, 0.3) is 5.91 Å².